The second-order valence-corrected chi connectivity index (χ2v) is 4.62. The van der Waals surface area contributed by atoms with Crippen LogP contribution in [0.5, 0.6) is 0 Å². The highest BCUT2D eigenvalue weighted by atomic mass is 16.5. The van der Waals surface area contributed by atoms with Crippen molar-refractivity contribution < 1.29 is 14.3 Å². The molecular weight excluding hydrogens is 268 g/mol. The Balaban J connectivity index is 2.71. The van der Waals surface area contributed by atoms with Gasteiger partial charge in [0.05, 0.1) is 12.5 Å². The first-order valence-corrected chi connectivity index (χ1v) is 6.58. The molecule has 21 heavy (non-hydrogen) atoms. The minimum atomic E-state index is -0.545. The fourth-order valence-corrected chi connectivity index (χ4v) is 1.66. The molecule has 0 aliphatic rings. The molecular formula is C16H18N2O3. The van der Waals surface area contributed by atoms with Crippen LogP contribution in [0, 0.1) is 11.3 Å². The number of benzene rings is 1. The molecule has 0 atom stereocenters. The molecule has 5 nitrogen and oxygen atoms in total. The number of esters is 1. The van der Waals surface area contributed by atoms with Crippen molar-refractivity contribution in [2.75, 3.05) is 18.1 Å². The van der Waals surface area contributed by atoms with Crippen LogP contribution in [-0.4, -0.2) is 25.0 Å². The molecule has 0 unspecified atom stereocenters. The summed E-state index contributed by atoms with van der Waals surface area (Å²) in [6, 6.07) is 11.0. The van der Waals surface area contributed by atoms with Crippen molar-refractivity contribution in [2.24, 2.45) is 0 Å². The van der Waals surface area contributed by atoms with Crippen molar-refractivity contribution in [1.29, 1.82) is 5.26 Å². The SMILES string of the molecule is CC(C)=CC(=O)OCC(=O)N(CCC#N)c1ccccc1. The van der Waals surface area contributed by atoms with Crippen LogP contribution in [0.25, 0.3) is 0 Å². The zero-order valence-electron chi connectivity index (χ0n) is 12.2. The van der Waals surface area contributed by atoms with Crippen LogP contribution in [-0.2, 0) is 14.3 Å². The maximum atomic E-state index is 12.2. The molecule has 0 bridgehead atoms. The van der Waals surface area contributed by atoms with Gasteiger partial charge in [0.25, 0.3) is 5.91 Å². The smallest absolute Gasteiger partial charge is 0.331 e. The van der Waals surface area contributed by atoms with E-state index in [1.54, 1.807) is 38.1 Å². The van der Waals surface area contributed by atoms with E-state index in [-0.39, 0.29) is 25.5 Å². The lowest BCUT2D eigenvalue weighted by Crippen LogP contribution is -2.35. The number of carbonyl (C=O) groups excluding carboxylic acids is 2. The monoisotopic (exact) mass is 286 g/mol. The Morgan fingerprint density at radius 1 is 1.29 bits per heavy atom. The van der Waals surface area contributed by atoms with Gasteiger partial charge in [0.1, 0.15) is 0 Å². The summed E-state index contributed by atoms with van der Waals surface area (Å²) in [4.78, 5) is 25.0. The van der Waals surface area contributed by atoms with Crippen molar-refractivity contribution in [3.05, 3.63) is 42.0 Å². The number of nitrogens with zero attached hydrogens (tertiary/aromatic N) is 2. The van der Waals surface area contributed by atoms with Gasteiger partial charge in [0.2, 0.25) is 0 Å². The number of hydrogen-bond acceptors (Lipinski definition) is 4. The molecule has 0 heterocycles. The molecule has 0 fully saturated rings. The van der Waals surface area contributed by atoms with Crippen LogP contribution in [0.1, 0.15) is 20.3 Å². The van der Waals surface area contributed by atoms with E-state index in [9.17, 15) is 9.59 Å². The van der Waals surface area contributed by atoms with Crippen molar-refractivity contribution in [3.8, 4) is 6.07 Å². The fraction of sp³-hybridized carbons (Fsp3) is 0.312. The first-order chi connectivity index (χ1) is 10.0. The highest BCUT2D eigenvalue weighted by Crippen LogP contribution is 2.14. The molecule has 0 spiro atoms. The normalized spacial score (nSPS) is 9.38. The summed E-state index contributed by atoms with van der Waals surface area (Å²) in [5.74, 6) is -0.899. The molecule has 1 amide bonds. The van der Waals surface area contributed by atoms with Gasteiger partial charge in [0, 0.05) is 18.3 Å². The number of hydrogen-bond donors (Lipinski definition) is 0. The summed E-state index contributed by atoms with van der Waals surface area (Å²) in [6.45, 7) is 3.46. The molecule has 0 aliphatic carbocycles. The molecule has 1 aromatic rings. The Hall–Kier alpha value is -2.61. The number of carbonyl (C=O) groups is 2. The van der Waals surface area contributed by atoms with E-state index in [1.165, 1.54) is 11.0 Å². The largest absolute Gasteiger partial charge is 0.452 e. The van der Waals surface area contributed by atoms with Crippen molar-refractivity contribution in [3.63, 3.8) is 0 Å². The number of amides is 1. The van der Waals surface area contributed by atoms with Crippen LogP contribution in [0.15, 0.2) is 42.0 Å². The van der Waals surface area contributed by atoms with E-state index in [2.05, 4.69) is 0 Å². The van der Waals surface area contributed by atoms with Crippen LogP contribution in [0.4, 0.5) is 5.69 Å². The van der Waals surface area contributed by atoms with Crippen LogP contribution >= 0.6 is 0 Å². The van der Waals surface area contributed by atoms with E-state index in [0.29, 0.717) is 5.69 Å². The molecule has 5 heteroatoms. The lowest BCUT2D eigenvalue weighted by Gasteiger charge is -2.21. The second-order valence-electron chi connectivity index (χ2n) is 4.62. The minimum absolute atomic E-state index is 0.211. The van der Waals surface area contributed by atoms with E-state index in [0.717, 1.165) is 5.57 Å². The Labute approximate surface area is 124 Å². The Kier molecular flexibility index (Phi) is 6.69. The molecule has 0 saturated carbocycles. The van der Waals surface area contributed by atoms with Crippen molar-refractivity contribution in [1.82, 2.24) is 0 Å². The van der Waals surface area contributed by atoms with E-state index < -0.39 is 5.97 Å². The molecule has 0 aliphatic heterocycles. The fourth-order valence-electron chi connectivity index (χ4n) is 1.66. The van der Waals surface area contributed by atoms with Crippen LogP contribution in [0.2, 0.25) is 0 Å². The Bertz CT molecular complexity index is 555. The first kappa shape index (κ1) is 16.4. The predicted octanol–water partition coefficient (Wildman–Crippen LogP) is 2.44. The van der Waals surface area contributed by atoms with Gasteiger partial charge in [-0.1, -0.05) is 23.8 Å². The van der Waals surface area contributed by atoms with Crippen LogP contribution in [0.3, 0.4) is 0 Å². The van der Waals surface area contributed by atoms with Gasteiger partial charge in [-0.25, -0.2) is 4.79 Å². The molecule has 110 valence electrons. The minimum Gasteiger partial charge on any atom is -0.452 e. The van der Waals surface area contributed by atoms with Crippen LogP contribution < -0.4 is 4.90 Å². The first-order valence-electron chi connectivity index (χ1n) is 6.58. The molecule has 0 saturated heterocycles. The lowest BCUT2D eigenvalue weighted by atomic mass is 10.2. The second kappa shape index (κ2) is 8.54. The Morgan fingerprint density at radius 3 is 2.52 bits per heavy atom. The average molecular weight is 286 g/mol. The number of nitriles is 1. The third-order valence-electron chi connectivity index (χ3n) is 2.56. The standard InChI is InChI=1S/C16H18N2O3/c1-13(2)11-16(20)21-12-15(19)18(10-6-9-17)14-7-4-3-5-8-14/h3-5,7-8,11H,6,10,12H2,1-2H3. The highest BCUT2D eigenvalue weighted by molar-refractivity contribution is 5.96. The molecule has 0 radical (unpaired) electrons. The van der Waals surface area contributed by atoms with Crippen molar-refractivity contribution >= 4 is 17.6 Å². The molecule has 0 aromatic heterocycles. The predicted molar refractivity (Wildman–Crippen MR) is 79.4 cm³/mol. The van der Waals surface area contributed by atoms with E-state index in [4.69, 9.17) is 10.00 Å². The average Bonchev–Trinajstić information content (AvgIpc) is 2.46. The van der Waals surface area contributed by atoms with Gasteiger partial charge in [-0.3, -0.25) is 4.79 Å². The third-order valence-corrected chi connectivity index (χ3v) is 2.56. The number of para-hydroxylation sites is 1. The molecule has 1 rings (SSSR count). The van der Waals surface area contributed by atoms with Gasteiger partial charge < -0.3 is 9.64 Å². The molecule has 0 N–H and O–H groups in total. The Morgan fingerprint density at radius 2 is 1.95 bits per heavy atom. The van der Waals surface area contributed by atoms with Gasteiger partial charge in [0.15, 0.2) is 6.61 Å². The number of anilines is 1. The summed E-state index contributed by atoms with van der Waals surface area (Å²) in [6.07, 6.45) is 1.54. The van der Waals surface area contributed by atoms with E-state index in [1.807, 2.05) is 12.1 Å². The van der Waals surface area contributed by atoms with Crippen molar-refractivity contribution in [2.45, 2.75) is 20.3 Å². The highest BCUT2D eigenvalue weighted by Gasteiger charge is 2.16. The summed E-state index contributed by atoms with van der Waals surface area (Å²) in [7, 11) is 0. The maximum absolute atomic E-state index is 12.2. The quantitative estimate of drug-likeness (QED) is 0.595. The zero-order chi connectivity index (χ0) is 15.7. The summed E-state index contributed by atoms with van der Waals surface area (Å²) in [5, 5.41) is 8.68. The number of allylic oxidation sites excluding steroid dienone is 1. The maximum Gasteiger partial charge on any atom is 0.331 e. The topological polar surface area (TPSA) is 70.4 Å². The van der Waals surface area contributed by atoms with Gasteiger partial charge in [-0.05, 0) is 26.0 Å². The van der Waals surface area contributed by atoms with Gasteiger partial charge in [-0.2, -0.15) is 5.26 Å². The zero-order valence-corrected chi connectivity index (χ0v) is 12.2. The summed E-state index contributed by atoms with van der Waals surface area (Å²) < 4.78 is 4.91. The molecule has 1 aromatic carbocycles. The summed E-state index contributed by atoms with van der Waals surface area (Å²) in [5.41, 5.74) is 1.48. The number of ether oxygens (including phenoxy) is 1. The number of rotatable bonds is 6. The van der Waals surface area contributed by atoms with Gasteiger partial charge in [-0.15, -0.1) is 0 Å². The summed E-state index contributed by atoms with van der Waals surface area (Å²) >= 11 is 0. The lowest BCUT2D eigenvalue weighted by molar-refractivity contribution is -0.143. The van der Waals surface area contributed by atoms with E-state index >= 15 is 0 Å². The van der Waals surface area contributed by atoms with Gasteiger partial charge >= 0.3 is 5.97 Å². The third kappa shape index (κ3) is 5.91.